The molecule has 12 heteroatoms. The fraction of sp³-hybridized carbons (Fsp3) is 0.300. The van der Waals surface area contributed by atoms with Crippen molar-refractivity contribution in [2.45, 2.75) is 12.8 Å². The molecule has 4 aromatic heterocycles. The fourth-order valence-corrected chi connectivity index (χ4v) is 2.98. The van der Waals surface area contributed by atoms with Crippen molar-refractivity contribution >= 4 is 22.3 Å². The summed E-state index contributed by atoms with van der Waals surface area (Å²) in [6, 6.07) is 6.11. The molecule has 0 saturated carbocycles. The molecular weight excluding hydrogens is 420 g/mol. The van der Waals surface area contributed by atoms with Crippen LogP contribution in [0.3, 0.4) is 0 Å². The van der Waals surface area contributed by atoms with Crippen molar-refractivity contribution < 1.29 is 18.9 Å². The van der Waals surface area contributed by atoms with Crippen molar-refractivity contribution in [3.63, 3.8) is 0 Å². The number of fused-ring (bicyclic) bond motifs is 2. The number of pyridine rings is 2. The lowest BCUT2D eigenvalue weighted by Crippen LogP contribution is -2.27. The Morgan fingerprint density at radius 1 is 0.969 bits per heavy atom. The van der Waals surface area contributed by atoms with E-state index in [0.717, 1.165) is 0 Å². The first-order chi connectivity index (χ1) is 15.6. The zero-order valence-corrected chi connectivity index (χ0v) is 17.3. The Labute approximate surface area is 180 Å². The molecule has 0 aliphatic carbocycles. The number of nitrogens with zero attached hydrogens (tertiary/aromatic N) is 5. The summed E-state index contributed by atoms with van der Waals surface area (Å²) in [5.74, 6) is 0.745. The van der Waals surface area contributed by atoms with E-state index in [1.54, 1.807) is 12.1 Å². The van der Waals surface area contributed by atoms with E-state index >= 15 is 0 Å². The van der Waals surface area contributed by atoms with Crippen molar-refractivity contribution in [2.24, 2.45) is 0 Å². The van der Waals surface area contributed by atoms with Gasteiger partial charge in [0.25, 0.3) is 5.56 Å². The minimum absolute atomic E-state index is 0.172. The average Bonchev–Trinajstić information content (AvgIpc) is 3.34. The van der Waals surface area contributed by atoms with Crippen LogP contribution in [0.2, 0.25) is 0 Å². The van der Waals surface area contributed by atoms with Crippen LogP contribution in [0, 0.1) is 0 Å². The third-order valence-corrected chi connectivity index (χ3v) is 4.52. The number of ether oxygens (including phenoxy) is 4. The Hall–Kier alpha value is -3.90. The molecule has 32 heavy (non-hydrogen) atoms. The van der Waals surface area contributed by atoms with Crippen LogP contribution < -0.4 is 20.6 Å². The Balaban J connectivity index is 0.000000165. The van der Waals surface area contributed by atoms with Gasteiger partial charge in [0.05, 0.1) is 46.4 Å². The van der Waals surface area contributed by atoms with Crippen molar-refractivity contribution in [2.75, 3.05) is 27.4 Å². The van der Waals surface area contributed by atoms with Crippen molar-refractivity contribution in [1.29, 1.82) is 0 Å². The topological polar surface area (TPSA) is 143 Å². The zero-order chi connectivity index (χ0) is 22.5. The number of H-pyrrole nitrogens is 1. The highest BCUT2D eigenvalue weighted by Crippen LogP contribution is 2.14. The van der Waals surface area contributed by atoms with E-state index in [1.165, 1.54) is 43.3 Å². The van der Waals surface area contributed by atoms with Crippen LogP contribution in [0.1, 0.15) is 0 Å². The lowest BCUT2D eigenvalue weighted by molar-refractivity contribution is -0.0523. The first-order valence-corrected chi connectivity index (χ1v) is 9.61. The second-order valence-corrected chi connectivity index (χ2v) is 6.54. The smallest absolute Gasteiger partial charge is 0.252 e. The van der Waals surface area contributed by atoms with Gasteiger partial charge in [0, 0.05) is 12.1 Å². The summed E-state index contributed by atoms with van der Waals surface area (Å²) in [6.45, 7) is 1.37. The molecule has 0 atom stereocenters. The largest absolute Gasteiger partial charge is 0.480 e. The molecule has 0 radical (unpaired) electrons. The first-order valence-electron chi connectivity index (χ1n) is 9.61. The molecule has 1 saturated heterocycles. The van der Waals surface area contributed by atoms with Crippen LogP contribution in [0.5, 0.6) is 11.8 Å². The van der Waals surface area contributed by atoms with E-state index in [2.05, 4.69) is 24.9 Å². The number of methoxy groups -OCH3 is 2. The average molecular weight is 440 g/mol. The number of hydrogen-bond acceptors (Lipinski definition) is 10. The molecule has 0 bridgehead atoms. The molecule has 0 amide bonds. The van der Waals surface area contributed by atoms with Gasteiger partial charge in [-0.1, -0.05) is 0 Å². The van der Waals surface area contributed by atoms with Gasteiger partial charge in [-0.2, -0.15) is 9.97 Å². The molecule has 5 rings (SSSR count). The van der Waals surface area contributed by atoms with Gasteiger partial charge in [0.15, 0.2) is 17.6 Å². The predicted octanol–water partition coefficient (Wildman–Crippen LogP) is 0.500. The van der Waals surface area contributed by atoms with Gasteiger partial charge in [0.2, 0.25) is 17.3 Å². The van der Waals surface area contributed by atoms with Gasteiger partial charge in [0.1, 0.15) is 11.0 Å². The van der Waals surface area contributed by atoms with E-state index < -0.39 is 6.29 Å². The Kier molecular flexibility index (Phi) is 6.33. The molecule has 1 aliphatic rings. The molecule has 1 N–H and O–H groups in total. The summed E-state index contributed by atoms with van der Waals surface area (Å²) in [4.78, 5) is 42.0. The van der Waals surface area contributed by atoms with E-state index in [-0.39, 0.29) is 17.7 Å². The molecule has 5 heterocycles. The number of rotatable bonds is 4. The summed E-state index contributed by atoms with van der Waals surface area (Å²) in [6.07, 6.45) is 2.59. The first kappa shape index (κ1) is 21.3. The lowest BCUT2D eigenvalue weighted by Gasteiger charge is -2.13. The van der Waals surface area contributed by atoms with Crippen molar-refractivity contribution in [3.8, 4) is 11.8 Å². The van der Waals surface area contributed by atoms with Crippen LogP contribution in [0.15, 0.2) is 46.2 Å². The third kappa shape index (κ3) is 4.71. The van der Waals surface area contributed by atoms with Gasteiger partial charge in [-0.05, 0) is 12.1 Å². The SMILES string of the molecule is COc1cnc2ccc(=O)[nH]c2n1.COc1cnc2ccc(=O)n(CC3OCCO3)c2n1. The summed E-state index contributed by atoms with van der Waals surface area (Å²) in [7, 11) is 3.00. The third-order valence-electron chi connectivity index (χ3n) is 4.52. The Morgan fingerprint density at radius 3 is 2.34 bits per heavy atom. The second kappa shape index (κ2) is 9.49. The number of nitrogens with one attached hydrogen (secondary N) is 1. The summed E-state index contributed by atoms with van der Waals surface area (Å²) < 4.78 is 22.1. The maximum atomic E-state index is 12.0. The van der Waals surface area contributed by atoms with E-state index in [0.29, 0.717) is 47.3 Å². The molecule has 1 aliphatic heterocycles. The minimum Gasteiger partial charge on any atom is -0.480 e. The molecule has 0 spiro atoms. The number of aromatic amines is 1. The lowest BCUT2D eigenvalue weighted by atomic mass is 10.4. The second-order valence-electron chi connectivity index (χ2n) is 6.54. The van der Waals surface area contributed by atoms with E-state index in [1.807, 2.05) is 0 Å². The maximum Gasteiger partial charge on any atom is 0.252 e. The Bertz CT molecular complexity index is 1350. The quantitative estimate of drug-likeness (QED) is 0.476. The summed E-state index contributed by atoms with van der Waals surface area (Å²) in [5, 5.41) is 0. The predicted molar refractivity (Wildman–Crippen MR) is 113 cm³/mol. The molecule has 166 valence electrons. The summed E-state index contributed by atoms with van der Waals surface area (Å²) >= 11 is 0. The molecule has 1 fully saturated rings. The minimum atomic E-state index is -0.420. The number of aromatic nitrogens is 6. The monoisotopic (exact) mass is 440 g/mol. The Morgan fingerprint density at radius 2 is 1.62 bits per heavy atom. The number of hydrogen-bond donors (Lipinski definition) is 1. The normalized spacial score (nSPS) is 13.7. The standard InChI is InChI=1S/C12H13N3O4.C8H7N3O2/c1-17-9-6-13-8-2-3-10(16)15(12(8)14-9)7-11-18-4-5-19-11;1-13-7-4-9-5-2-3-6(12)10-8(5)11-7/h2-3,6,11H,4-5,7H2,1H3;2-4H,1H3,(H,10,11,12). The highest BCUT2D eigenvalue weighted by atomic mass is 16.7. The molecule has 0 aromatic carbocycles. The molecule has 12 nitrogen and oxygen atoms in total. The summed E-state index contributed by atoms with van der Waals surface area (Å²) in [5.41, 5.74) is 1.79. The highest BCUT2D eigenvalue weighted by Gasteiger charge is 2.19. The van der Waals surface area contributed by atoms with Gasteiger partial charge in [-0.25, -0.2) is 9.97 Å². The van der Waals surface area contributed by atoms with Crippen LogP contribution in [-0.4, -0.2) is 63.2 Å². The van der Waals surface area contributed by atoms with Gasteiger partial charge >= 0.3 is 0 Å². The van der Waals surface area contributed by atoms with E-state index in [4.69, 9.17) is 18.9 Å². The van der Waals surface area contributed by atoms with Crippen LogP contribution >= 0.6 is 0 Å². The maximum absolute atomic E-state index is 12.0. The van der Waals surface area contributed by atoms with Gasteiger partial charge in [-0.15, -0.1) is 0 Å². The highest BCUT2D eigenvalue weighted by molar-refractivity contribution is 5.70. The van der Waals surface area contributed by atoms with Crippen molar-refractivity contribution in [1.82, 2.24) is 29.5 Å². The van der Waals surface area contributed by atoms with E-state index in [9.17, 15) is 9.59 Å². The van der Waals surface area contributed by atoms with Crippen molar-refractivity contribution in [3.05, 3.63) is 57.4 Å². The van der Waals surface area contributed by atoms with Crippen LogP contribution in [0.4, 0.5) is 0 Å². The molecule has 0 unspecified atom stereocenters. The molecular formula is C20H20N6O6. The van der Waals surface area contributed by atoms with Crippen LogP contribution in [-0.2, 0) is 16.0 Å². The zero-order valence-electron chi connectivity index (χ0n) is 17.3. The van der Waals surface area contributed by atoms with Gasteiger partial charge in [-0.3, -0.25) is 14.2 Å². The van der Waals surface area contributed by atoms with Crippen LogP contribution in [0.25, 0.3) is 22.3 Å². The molecule has 4 aromatic rings. The fourth-order valence-electron chi connectivity index (χ4n) is 2.98. The van der Waals surface area contributed by atoms with Gasteiger partial charge < -0.3 is 23.9 Å².